The van der Waals surface area contributed by atoms with Crippen LogP contribution in [0.1, 0.15) is 18.1 Å². The van der Waals surface area contributed by atoms with Crippen LogP contribution in [0.15, 0.2) is 46.9 Å². The SMILES string of the molecule is CC(O)(Cc1c(F)cccc1F)c1ccccc1Br. The van der Waals surface area contributed by atoms with Gasteiger partial charge < -0.3 is 5.11 Å². The molecule has 0 spiro atoms. The van der Waals surface area contributed by atoms with Gasteiger partial charge in [-0.15, -0.1) is 0 Å². The monoisotopic (exact) mass is 326 g/mol. The van der Waals surface area contributed by atoms with E-state index in [0.717, 1.165) is 0 Å². The summed E-state index contributed by atoms with van der Waals surface area (Å²) in [6.45, 7) is 1.54. The third kappa shape index (κ3) is 3.01. The Hall–Kier alpha value is -1.26. The molecule has 4 heteroatoms. The molecule has 1 N–H and O–H groups in total. The Kier molecular flexibility index (Phi) is 4.02. The van der Waals surface area contributed by atoms with Crippen molar-refractivity contribution in [3.8, 4) is 0 Å². The zero-order chi connectivity index (χ0) is 14.0. The summed E-state index contributed by atoms with van der Waals surface area (Å²) in [6.07, 6.45) is -0.131. The molecule has 0 fully saturated rings. The van der Waals surface area contributed by atoms with Gasteiger partial charge >= 0.3 is 0 Å². The fourth-order valence-corrected chi connectivity index (χ4v) is 2.75. The van der Waals surface area contributed by atoms with Gasteiger partial charge in [0.15, 0.2) is 0 Å². The molecule has 0 bridgehead atoms. The minimum absolute atomic E-state index is 0.108. The molecule has 2 rings (SSSR count). The van der Waals surface area contributed by atoms with E-state index in [1.54, 1.807) is 25.1 Å². The van der Waals surface area contributed by atoms with Gasteiger partial charge in [-0.1, -0.05) is 40.2 Å². The van der Waals surface area contributed by atoms with Crippen molar-refractivity contribution in [3.63, 3.8) is 0 Å². The van der Waals surface area contributed by atoms with Crippen molar-refractivity contribution in [3.05, 3.63) is 69.7 Å². The van der Waals surface area contributed by atoms with E-state index in [1.807, 2.05) is 6.07 Å². The number of benzene rings is 2. The van der Waals surface area contributed by atoms with E-state index >= 15 is 0 Å². The van der Waals surface area contributed by atoms with Crippen LogP contribution in [0.25, 0.3) is 0 Å². The molecular formula is C15H13BrF2O. The second-order valence-electron chi connectivity index (χ2n) is 4.63. The maximum Gasteiger partial charge on any atom is 0.129 e. The van der Waals surface area contributed by atoms with Crippen molar-refractivity contribution < 1.29 is 13.9 Å². The number of aliphatic hydroxyl groups is 1. The van der Waals surface area contributed by atoms with Crippen LogP contribution in [0.2, 0.25) is 0 Å². The number of rotatable bonds is 3. The van der Waals surface area contributed by atoms with Gasteiger partial charge in [-0.2, -0.15) is 0 Å². The van der Waals surface area contributed by atoms with Crippen LogP contribution in [-0.2, 0) is 12.0 Å². The van der Waals surface area contributed by atoms with Crippen molar-refractivity contribution in [2.45, 2.75) is 18.9 Å². The largest absolute Gasteiger partial charge is 0.385 e. The van der Waals surface area contributed by atoms with Gasteiger partial charge in [-0.25, -0.2) is 8.78 Å². The summed E-state index contributed by atoms with van der Waals surface area (Å²) < 4.78 is 28.0. The van der Waals surface area contributed by atoms with Crippen molar-refractivity contribution in [1.82, 2.24) is 0 Å². The minimum Gasteiger partial charge on any atom is -0.385 e. The third-order valence-electron chi connectivity index (χ3n) is 3.04. The van der Waals surface area contributed by atoms with Crippen LogP contribution in [0.3, 0.4) is 0 Å². The van der Waals surface area contributed by atoms with Gasteiger partial charge in [0.1, 0.15) is 11.6 Å². The maximum atomic E-state index is 13.6. The predicted molar refractivity (Wildman–Crippen MR) is 73.8 cm³/mol. The fraction of sp³-hybridized carbons (Fsp3) is 0.200. The highest BCUT2D eigenvalue weighted by Crippen LogP contribution is 2.32. The first kappa shape index (κ1) is 14.2. The smallest absolute Gasteiger partial charge is 0.129 e. The summed E-state index contributed by atoms with van der Waals surface area (Å²) in [4.78, 5) is 0. The second-order valence-corrected chi connectivity index (χ2v) is 5.49. The van der Waals surface area contributed by atoms with Crippen LogP contribution >= 0.6 is 15.9 Å². The molecule has 0 aromatic heterocycles. The van der Waals surface area contributed by atoms with Gasteiger partial charge in [0.2, 0.25) is 0 Å². The topological polar surface area (TPSA) is 20.2 Å². The lowest BCUT2D eigenvalue weighted by molar-refractivity contribution is 0.0549. The first-order valence-corrected chi connectivity index (χ1v) is 6.61. The molecule has 0 aliphatic heterocycles. The highest BCUT2D eigenvalue weighted by molar-refractivity contribution is 9.10. The molecule has 1 unspecified atom stereocenters. The van der Waals surface area contributed by atoms with Gasteiger partial charge in [0.05, 0.1) is 5.60 Å². The van der Waals surface area contributed by atoms with Gasteiger partial charge in [0, 0.05) is 16.5 Å². The molecule has 100 valence electrons. The van der Waals surface area contributed by atoms with E-state index in [-0.39, 0.29) is 12.0 Å². The molecule has 0 saturated carbocycles. The second kappa shape index (κ2) is 5.39. The Bertz CT molecular complexity index is 576. The van der Waals surface area contributed by atoms with Gasteiger partial charge in [0.25, 0.3) is 0 Å². The average molecular weight is 327 g/mol. The van der Waals surface area contributed by atoms with Crippen LogP contribution < -0.4 is 0 Å². The summed E-state index contributed by atoms with van der Waals surface area (Å²) in [5.41, 5.74) is -0.871. The summed E-state index contributed by atoms with van der Waals surface area (Å²) >= 11 is 3.33. The van der Waals surface area contributed by atoms with Crippen LogP contribution in [0.4, 0.5) is 8.78 Å². The first-order chi connectivity index (χ1) is 8.92. The number of hydrogen-bond donors (Lipinski definition) is 1. The molecule has 2 aromatic rings. The quantitative estimate of drug-likeness (QED) is 0.897. The minimum atomic E-state index is -1.36. The lowest BCUT2D eigenvalue weighted by atomic mass is 9.88. The lowest BCUT2D eigenvalue weighted by Gasteiger charge is -2.25. The standard InChI is InChI=1S/C15H13BrF2O/c1-15(19,11-5-2-3-6-12(11)16)9-10-13(17)7-4-8-14(10)18/h2-8,19H,9H2,1H3. The molecule has 0 heterocycles. The average Bonchev–Trinajstić information content (AvgIpc) is 2.34. The van der Waals surface area contributed by atoms with E-state index in [4.69, 9.17) is 0 Å². The van der Waals surface area contributed by atoms with E-state index in [2.05, 4.69) is 15.9 Å². The normalized spacial score (nSPS) is 14.2. The number of hydrogen-bond acceptors (Lipinski definition) is 1. The molecule has 0 radical (unpaired) electrons. The maximum absolute atomic E-state index is 13.6. The Labute approximate surface area is 119 Å². The van der Waals surface area contributed by atoms with Crippen molar-refractivity contribution >= 4 is 15.9 Å². The van der Waals surface area contributed by atoms with E-state index in [1.165, 1.54) is 18.2 Å². The zero-order valence-corrected chi connectivity index (χ0v) is 11.9. The Morgan fingerprint density at radius 2 is 1.63 bits per heavy atom. The summed E-state index contributed by atoms with van der Waals surface area (Å²) in [6, 6.07) is 10.8. The highest BCUT2D eigenvalue weighted by Gasteiger charge is 2.28. The Morgan fingerprint density at radius 1 is 1.05 bits per heavy atom. The third-order valence-corrected chi connectivity index (χ3v) is 3.73. The van der Waals surface area contributed by atoms with E-state index in [9.17, 15) is 13.9 Å². The molecule has 1 nitrogen and oxygen atoms in total. The highest BCUT2D eigenvalue weighted by atomic mass is 79.9. The summed E-state index contributed by atoms with van der Waals surface area (Å²) in [5.74, 6) is -1.29. The van der Waals surface area contributed by atoms with Crippen LogP contribution in [0.5, 0.6) is 0 Å². The predicted octanol–water partition coefficient (Wildman–Crippen LogP) is 4.18. The molecule has 0 saturated heterocycles. The van der Waals surface area contributed by atoms with Crippen LogP contribution in [0, 0.1) is 11.6 Å². The first-order valence-electron chi connectivity index (χ1n) is 5.82. The van der Waals surface area contributed by atoms with Crippen molar-refractivity contribution in [2.24, 2.45) is 0 Å². The van der Waals surface area contributed by atoms with Crippen LogP contribution in [-0.4, -0.2) is 5.11 Å². The molecular weight excluding hydrogens is 314 g/mol. The molecule has 0 amide bonds. The zero-order valence-electron chi connectivity index (χ0n) is 10.3. The van der Waals surface area contributed by atoms with Crippen molar-refractivity contribution in [1.29, 1.82) is 0 Å². The van der Waals surface area contributed by atoms with Gasteiger partial charge in [-0.3, -0.25) is 0 Å². The van der Waals surface area contributed by atoms with E-state index in [0.29, 0.717) is 10.0 Å². The Morgan fingerprint density at radius 3 is 2.21 bits per heavy atom. The lowest BCUT2D eigenvalue weighted by Crippen LogP contribution is -2.26. The molecule has 1 atom stereocenters. The Balaban J connectivity index is 2.39. The molecule has 0 aliphatic carbocycles. The van der Waals surface area contributed by atoms with Crippen molar-refractivity contribution in [2.75, 3.05) is 0 Å². The van der Waals surface area contributed by atoms with Gasteiger partial charge in [-0.05, 0) is 30.7 Å². The van der Waals surface area contributed by atoms with E-state index < -0.39 is 17.2 Å². The summed E-state index contributed by atoms with van der Waals surface area (Å²) in [7, 11) is 0. The fourth-order valence-electron chi connectivity index (χ4n) is 2.04. The molecule has 2 aromatic carbocycles. The molecule has 0 aliphatic rings. The number of halogens is 3. The molecule has 19 heavy (non-hydrogen) atoms. The summed E-state index contributed by atoms with van der Waals surface area (Å²) in [5, 5.41) is 10.5.